The highest BCUT2D eigenvalue weighted by atomic mass is 32.2. The van der Waals surface area contributed by atoms with Crippen molar-refractivity contribution in [1.82, 2.24) is 0 Å². The largest absolute Gasteiger partial charge is 0.465 e. The molecule has 2 aliphatic heterocycles. The molecule has 0 fully saturated rings. The van der Waals surface area contributed by atoms with E-state index in [1.165, 1.54) is 7.11 Å². The van der Waals surface area contributed by atoms with Crippen LogP contribution in [-0.2, 0) is 30.6 Å². The number of nitrogens with zero attached hydrogens (tertiary/aromatic N) is 2. The summed E-state index contributed by atoms with van der Waals surface area (Å²) in [5, 5.41) is -0.178. The summed E-state index contributed by atoms with van der Waals surface area (Å²) < 4.78 is 39.2. The highest BCUT2D eigenvalue weighted by Crippen LogP contribution is 2.36. The first-order valence-electron chi connectivity index (χ1n) is 13.2. The molecule has 6 nitrogen and oxygen atoms in total. The van der Waals surface area contributed by atoms with Crippen LogP contribution in [0.3, 0.4) is 0 Å². The Balaban J connectivity index is 0.000000322. The Hall–Kier alpha value is -2.29. The molecule has 2 heterocycles. The van der Waals surface area contributed by atoms with E-state index in [1.807, 2.05) is 67.5 Å². The van der Waals surface area contributed by atoms with Crippen molar-refractivity contribution >= 4 is 25.4 Å². The summed E-state index contributed by atoms with van der Waals surface area (Å²) in [5.74, 6) is 14.4. The third-order valence-electron chi connectivity index (χ3n) is 6.89. The van der Waals surface area contributed by atoms with Crippen molar-refractivity contribution < 1.29 is 17.9 Å². The molecular formula is C31H46N2O4S2. The Morgan fingerprint density at radius 3 is 1.72 bits per heavy atom. The van der Waals surface area contributed by atoms with Gasteiger partial charge in [0.2, 0.25) is 0 Å². The van der Waals surface area contributed by atoms with Crippen molar-refractivity contribution in [1.29, 1.82) is 0 Å². The average Bonchev–Trinajstić information content (AvgIpc) is 2.97. The topological polar surface area (TPSA) is 85.2 Å². The second-order valence-corrected chi connectivity index (χ2v) is 18.1. The predicted octanol–water partition coefficient (Wildman–Crippen LogP) is 5.71. The molecule has 0 N–H and O–H groups in total. The fourth-order valence-corrected chi connectivity index (χ4v) is 10.8. The molecule has 0 saturated heterocycles. The van der Waals surface area contributed by atoms with Gasteiger partial charge in [-0.2, -0.15) is 0 Å². The minimum atomic E-state index is -2.44. The number of carbonyl (C=O) groups is 1. The van der Waals surface area contributed by atoms with E-state index in [4.69, 9.17) is 4.74 Å². The lowest BCUT2D eigenvalue weighted by Gasteiger charge is -2.32. The first-order valence-corrected chi connectivity index (χ1v) is 16.8. The Labute approximate surface area is 237 Å². The van der Waals surface area contributed by atoms with E-state index in [0.29, 0.717) is 29.2 Å². The minimum absolute atomic E-state index is 0.176. The summed E-state index contributed by atoms with van der Waals surface area (Å²) in [6.45, 7) is 16.3. The summed E-state index contributed by atoms with van der Waals surface area (Å²) in [5.41, 5.74) is 0.439. The molecule has 2 unspecified atom stereocenters. The Bertz CT molecular complexity index is 1420. The average molecular weight is 575 g/mol. The molecule has 216 valence electrons. The van der Waals surface area contributed by atoms with E-state index in [2.05, 4.69) is 32.4 Å². The second-order valence-electron chi connectivity index (χ2n) is 13.0. The molecule has 0 spiro atoms. The van der Waals surface area contributed by atoms with Crippen LogP contribution >= 0.6 is 0 Å². The van der Waals surface area contributed by atoms with Crippen LogP contribution in [0.2, 0.25) is 0 Å². The number of hydrogen-bond donors (Lipinski definition) is 0. The smallest absolute Gasteiger partial charge is 0.337 e. The number of esters is 1. The molecule has 0 saturated carbocycles. The normalized spacial score (nSPS) is 26.8. The van der Waals surface area contributed by atoms with Gasteiger partial charge in [0.25, 0.3) is 0 Å². The van der Waals surface area contributed by atoms with Crippen molar-refractivity contribution in [3.63, 3.8) is 0 Å². The molecule has 0 bridgehead atoms. The molecule has 0 aliphatic carbocycles. The molecule has 0 radical (unpaired) electrons. The molecule has 1 aromatic rings. The van der Waals surface area contributed by atoms with Crippen LogP contribution in [-0.4, -0.2) is 58.1 Å². The van der Waals surface area contributed by atoms with Gasteiger partial charge in [0.1, 0.15) is 0 Å². The number of rotatable bonds is 3. The number of carbonyl (C=O) groups excluding carboxylic acids is 1. The van der Waals surface area contributed by atoms with Crippen LogP contribution in [0.1, 0.15) is 71.3 Å². The number of benzene rings is 1. The Kier molecular flexibility index (Phi) is 9.85. The molecule has 0 aromatic heterocycles. The van der Waals surface area contributed by atoms with Crippen LogP contribution in [0.4, 0.5) is 0 Å². The standard InChI is InChI=1S/C20H27NO3S.C11H19NOS/c1-19(2)11-12-20(3,4)17(25(23,14-19)21-5)13-15-7-9-16(10-8-15)18(22)24-6;1-10(2)6-7-11(3,4)9-14(13,8-10)12-5/h7-10,17H,13-14H2,1-6H3;8-9H2,1-5H3. The summed E-state index contributed by atoms with van der Waals surface area (Å²) >= 11 is 0. The monoisotopic (exact) mass is 574 g/mol. The summed E-state index contributed by atoms with van der Waals surface area (Å²) in [4.78, 5) is 11.6. The first kappa shape index (κ1) is 32.9. The van der Waals surface area contributed by atoms with Crippen LogP contribution in [0, 0.1) is 45.3 Å². The summed E-state index contributed by atoms with van der Waals surface area (Å²) in [6, 6.07) is 7.26. The molecule has 8 heteroatoms. The number of ether oxygens (including phenoxy) is 1. The summed E-state index contributed by atoms with van der Waals surface area (Å²) in [7, 11) is 0.141. The van der Waals surface area contributed by atoms with Gasteiger partial charge >= 0.3 is 5.97 Å². The van der Waals surface area contributed by atoms with E-state index >= 15 is 0 Å². The highest BCUT2D eigenvalue weighted by Gasteiger charge is 2.41. The van der Waals surface area contributed by atoms with Gasteiger partial charge < -0.3 is 4.74 Å². The quantitative estimate of drug-likeness (QED) is 0.342. The third-order valence-corrected chi connectivity index (χ3v) is 13.3. The fraction of sp³-hybridized carbons (Fsp3) is 0.645. The molecule has 1 aromatic carbocycles. The zero-order valence-electron chi connectivity index (χ0n) is 25.6. The van der Waals surface area contributed by atoms with Crippen molar-refractivity contribution in [3.05, 3.63) is 35.4 Å². The van der Waals surface area contributed by atoms with Gasteiger partial charge in [-0.15, -0.1) is 0 Å². The van der Waals surface area contributed by atoms with Gasteiger partial charge in [0.05, 0.1) is 27.7 Å². The third kappa shape index (κ3) is 8.85. The number of methoxy groups -OCH3 is 1. The van der Waals surface area contributed by atoms with E-state index in [9.17, 15) is 13.2 Å². The number of hydrogen-bond acceptors (Lipinski definition) is 6. The molecule has 39 heavy (non-hydrogen) atoms. The van der Waals surface area contributed by atoms with Gasteiger partial charge in [0, 0.05) is 62.7 Å². The lowest BCUT2D eigenvalue weighted by atomic mass is 9.84. The first-order chi connectivity index (χ1) is 17.7. The van der Waals surface area contributed by atoms with Gasteiger partial charge in [-0.05, 0) is 79.5 Å². The zero-order valence-corrected chi connectivity index (χ0v) is 27.2. The van der Waals surface area contributed by atoms with Gasteiger partial charge in [-0.25, -0.2) is 21.9 Å². The molecule has 0 amide bonds. The second kappa shape index (κ2) is 11.7. The SMILES string of the molecule is CN=S1(=O)CC(C)(C)C#CC(C)(C)C1.CN=S1(=O)CC(C)(C)C#CC(C)(C)C1Cc1ccc(C(=O)OC)cc1. The zero-order chi connectivity index (χ0) is 29.9. The lowest BCUT2D eigenvalue weighted by molar-refractivity contribution is 0.0600. The van der Waals surface area contributed by atoms with Crippen LogP contribution in [0.15, 0.2) is 33.0 Å². The summed E-state index contributed by atoms with van der Waals surface area (Å²) in [6.07, 6.45) is 0.607. The van der Waals surface area contributed by atoms with E-state index in [-0.39, 0.29) is 27.5 Å². The van der Waals surface area contributed by atoms with Gasteiger partial charge in [-0.1, -0.05) is 35.8 Å². The minimum Gasteiger partial charge on any atom is -0.465 e. The molecule has 2 aliphatic rings. The fourth-order valence-electron chi connectivity index (χ4n) is 4.93. The van der Waals surface area contributed by atoms with E-state index in [1.54, 1.807) is 26.2 Å². The van der Waals surface area contributed by atoms with Gasteiger partial charge in [0.15, 0.2) is 0 Å². The van der Waals surface area contributed by atoms with Crippen molar-refractivity contribution in [2.45, 2.75) is 67.1 Å². The van der Waals surface area contributed by atoms with E-state index < -0.39 is 24.9 Å². The maximum Gasteiger partial charge on any atom is 0.337 e. The molecular weight excluding hydrogens is 528 g/mol. The maximum atomic E-state index is 13.7. The van der Waals surface area contributed by atoms with Crippen molar-refractivity contribution in [2.75, 3.05) is 38.5 Å². The molecule has 3 rings (SSSR count). The van der Waals surface area contributed by atoms with Crippen LogP contribution in [0.25, 0.3) is 0 Å². The Morgan fingerprint density at radius 1 is 0.821 bits per heavy atom. The Morgan fingerprint density at radius 2 is 1.28 bits per heavy atom. The maximum absolute atomic E-state index is 13.7. The van der Waals surface area contributed by atoms with Crippen molar-refractivity contribution in [3.8, 4) is 23.7 Å². The van der Waals surface area contributed by atoms with Crippen LogP contribution < -0.4 is 0 Å². The van der Waals surface area contributed by atoms with Crippen LogP contribution in [0.5, 0.6) is 0 Å². The van der Waals surface area contributed by atoms with Crippen molar-refractivity contribution in [2.24, 2.45) is 30.4 Å². The molecule has 2 atom stereocenters. The predicted molar refractivity (Wildman–Crippen MR) is 164 cm³/mol. The van der Waals surface area contributed by atoms with E-state index in [0.717, 1.165) is 5.56 Å². The van der Waals surface area contributed by atoms with Gasteiger partial charge in [-0.3, -0.25) is 0 Å². The highest BCUT2D eigenvalue weighted by molar-refractivity contribution is 7.94. The lowest BCUT2D eigenvalue weighted by Crippen LogP contribution is -2.39.